The van der Waals surface area contributed by atoms with E-state index in [-0.39, 0.29) is 11.8 Å². The van der Waals surface area contributed by atoms with E-state index in [9.17, 15) is 14.7 Å². The molecule has 100 valence electrons. The number of carbonyl (C=O) groups is 2. The molecule has 2 rings (SSSR count). The van der Waals surface area contributed by atoms with Crippen molar-refractivity contribution in [1.29, 1.82) is 0 Å². The summed E-state index contributed by atoms with van der Waals surface area (Å²) in [4.78, 5) is 25.5. The molecular weight excluding hydrogens is 230 g/mol. The normalized spacial score (nSPS) is 28.7. The molecule has 2 unspecified atom stereocenters. The van der Waals surface area contributed by atoms with Crippen molar-refractivity contribution in [1.82, 2.24) is 4.90 Å². The number of hydrogen-bond acceptors (Lipinski definition) is 2. The van der Waals surface area contributed by atoms with Crippen molar-refractivity contribution < 1.29 is 14.7 Å². The van der Waals surface area contributed by atoms with E-state index in [1.54, 1.807) is 0 Å². The van der Waals surface area contributed by atoms with Crippen LogP contribution < -0.4 is 0 Å². The van der Waals surface area contributed by atoms with Crippen molar-refractivity contribution in [3.05, 3.63) is 11.6 Å². The molecule has 1 aliphatic carbocycles. The molecule has 4 nitrogen and oxygen atoms in total. The Kier molecular flexibility index (Phi) is 4.04. The van der Waals surface area contributed by atoms with E-state index in [1.165, 1.54) is 5.57 Å². The maximum Gasteiger partial charge on any atom is 0.307 e. The van der Waals surface area contributed by atoms with Gasteiger partial charge in [0, 0.05) is 13.1 Å². The van der Waals surface area contributed by atoms with Crippen molar-refractivity contribution in [2.75, 3.05) is 13.1 Å². The van der Waals surface area contributed by atoms with Gasteiger partial charge >= 0.3 is 5.97 Å². The van der Waals surface area contributed by atoms with Gasteiger partial charge in [-0.1, -0.05) is 24.5 Å². The zero-order valence-corrected chi connectivity index (χ0v) is 10.9. The van der Waals surface area contributed by atoms with Crippen LogP contribution in [0.25, 0.3) is 0 Å². The van der Waals surface area contributed by atoms with E-state index in [4.69, 9.17) is 0 Å². The number of hydrogen-bond donors (Lipinski definition) is 1. The highest BCUT2D eigenvalue weighted by Gasteiger charge is 2.37. The van der Waals surface area contributed by atoms with Crippen LogP contribution in [0, 0.1) is 11.8 Å². The Morgan fingerprint density at radius 3 is 2.56 bits per heavy atom. The molecule has 1 aliphatic heterocycles. The van der Waals surface area contributed by atoms with E-state index in [0.717, 1.165) is 32.2 Å². The molecule has 1 fully saturated rings. The smallest absolute Gasteiger partial charge is 0.307 e. The number of nitrogens with zero attached hydrogens (tertiary/aromatic N) is 1. The molecule has 0 saturated heterocycles. The van der Waals surface area contributed by atoms with Crippen molar-refractivity contribution >= 4 is 11.9 Å². The highest BCUT2D eigenvalue weighted by Crippen LogP contribution is 2.32. The summed E-state index contributed by atoms with van der Waals surface area (Å²) in [7, 11) is 0. The minimum absolute atomic E-state index is 0.0505. The standard InChI is InChI=1S/C14H21NO3/c1-10-5-4-8-15(9-10)13(16)11-6-2-3-7-12(11)14(17)18/h5,11-12H,2-4,6-9H2,1H3,(H,17,18). The molecule has 0 aromatic carbocycles. The highest BCUT2D eigenvalue weighted by atomic mass is 16.4. The second kappa shape index (κ2) is 5.55. The zero-order chi connectivity index (χ0) is 13.1. The van der Waals surface area contributed by atoms with Gasteiger partial charge in [0.1, 0.15) is 0 Å². The van der Waals surface area contributed by atoms with Gasteiger partial charge in [-0.2, -0.15) is 0 Å². The fourth-order valence-corrected chi connectivity index (χ4v) is 3.06. The number of carboxylic acids is 1. The Bertz CT molecular complexity index is 375. The predicted octanol–water partition coefficient (Wildman–Crippen LogP) is 2.06. The predicted molar refractivity (Wildman–Crippen MR) is 68.0 cm³/mol. The SMILES string of the molecule is CC1=CCCN(C(=O)C2CCCCC2C(=O)O)C1. The minimum atomic E-state index is -0.808. The number of amides is 1. The monoisotopic (exact) mass is 251 g/mol. The van der Waals surface area contributed by atoms with Gasteiger partial charge in [-0.25, -0.2) is 0 Å². The lowest BCUT2D eigenvalue weighted by atomic mass is 9.78. The molecule has 1 heterocycles. The summed E-state index contributed by atoms with van der Waals surface area (Å²) in [6, 6.07) is 0. The molecule has 0 aromatic heterocycles. The lowest BCUT2D eigenvalue weighted by Gasteiger charge is -2.34. The molecule has 0 spiro atoms. The fraction of sp³-hybridized carbons (Fsp3) is 0.714. The van der Waals surface area contributed by atoms with E-state index < -0.39 is 11.9 Å². The Balaban J connectivity index is 2.06. The third-order valence-corrected chi connectivity index (χ3v) is 4.04. The first-order valence-corrected chi connectivity index (χ1v) is 6.77. The topological polar surface area (TPSA) is 57.6 Å². The Labute approximate surface area is 108 Å². The average molecular weight is 251 g/mol. The van der Waals surface area contributed by atoms with Crippen LogP contribution in [0.4, 0.5) is 0 Å². The fourth-order valence-electron chi connectivity index (χ4n) is 3.06. The first kappa shape index (κ1) is 13.1. The number of carboxylic acid groups (broad SMARTS) is 1. The third-order valence-electron chi connectivity index (χ3n) is 4.04. The zero-order valence-electron chi connectivity index (χ0n) is 10.9. The van der Waals surface area contributed by atoms with Gasteiger partial charge in [-0.05, 0) is 26.2 Å². The van der Waals surface area contributed by atoms with Crippen molar-refractivity contribution in [3.63, 3.8) is 0 Å². The van der Waals surface area contributed by atoms with Crippen molar-refractivity contribution in [2.45, 2.75) is 39.0 Å². The molecule has 2 atom stereocenters. The minimum Gasteiger partial charge on any atom is -0.481 e. The van der Waals surface area contributed by atoms with Crippen LogP contribution in [0.2, 0.25) is 0 Å². The van der Waals surface area contributed by atoms with Crippen LogP contribution in [0.15, 0.2) is 11.6 Å². The van der Waals surface area contributed by atoms with Gasteiger partial charge in [0.15, 0.2) is 0 Å². The Morgan fingerprint density at radius 2 is 1.94 bits per heavy atom. The summed E-state index contributed by atoms with van der Waals surface area (Å²) in [5.41, 5.74) is 1.21. The summed E-state index contributed by atoms with van der Waals surface area (Å²) < 4.78 is 0. The van der Waals surface area contributed by atoms with Crippen LogP contribution in [-0.2, 0) is 9.59 Å². The summed E-state index contributed by atoms with van der Waals surface area (Å²) in [5, 5.41) is 9.23. The first-order valence-electron chi connectivity index (χ1n) is 6.77. The van der Waals surface area contributed by atoms with Crippen LogP contribution in [-0.4, -0.2) is 35.0 Å². The number of carbonyl (C=O) groups excluding carboxylic acids is 1. The highest BCUT2D eigenvalue weighted by molar-refractivity contribution is 5.85. The third kappa shape index (κ3) is 2.74. The molecule has 1 N–H and O–H groups in total. The van der Waals surface area contributed by atoms with Crippen LogP contribution in [0.5, 0.6) is 0 Å². The molecular formula is C14H21NO3. The molecule has 0 aromatic rings. The largest absolute Gasteiger partial charge is 0.481 e. The summed E-state index contributed by atoms with van der Waals surface area (Å²) in [6.45, 7) is 3.43. The van der Waals surface area contributed by atoms with Gasteiger partial charge in [-0.3, -0.25) is 9.59 Å². The van der Waals surface area contributed by atoms with Gasteiger partial charge in [0.2, 0.25) is 5.91 Å². The van der Waals surface area contributed by atoms with Gasteiger partial charge in [-0.15, -0.1) is 0 Å². The number of rotatable bonds is 2. The van der Waals surface area contributed by atoms with Gasteiger partial charge < -0.3 is 10.0 Å². The quantitative estimate of drug-likeness (QED) is 0.764. The van der Waals surface area contributed by atoms with Crippen LogP contribution >= 0.6 is 0 Å². The second-order valence-electron chi connectivity index (χ2n) is 5.43. The molecule has 0 bridgehead atoms. The summed E-state index contributed by atoms with van der Waals surface area (Å²) >= 11 is 0. The Morgan fingerprint density at radius 1 is 1.28 bits per heavy atom. The molecule has 1 amide bonds. The number of aliphatic carboxylic acids is 1. The van der Waals surface area contributed by atoms with Crippen molar-refractivity contribution in [2.24, 2.45) is 11.8 Å². The molecule has 1 saturated carbocycles. The van der Waals surface area contributed by atoms with E-state index >= 15 is 0 Å². The van der Waals surface area contributed by atoms with Crippen molar-refractivity contribution in [3.8, 4) is 0 Å². The Hall–Kier alpha value is -1.32. The van der Waals surface area contributed by atoms with Crippen LogP contribution in [0.1, 0.15) is 39.0 Å². The molecule has 2 aliphatic rings. The lowest BCUT2D eigenvalue weighted by molar-refractivity contribution is -0.152. The lowest BCUT2D eigenvalue weighted by Crippen LogP contribution is -2.44. The molecule has 18 heavy (non-hydrogen) atoms. The maximum atomic E-state index is 12.4. The summed E-state index contributed by atoms with van der Waals surface area (Å²) in [6.07, 6.45) is 6.33. The summed E-state index contributed by atoms with van der Waals surface area (Å²) in [5.74, 6) is -1.54. The maximum absolute atomic E-state index is 12.4. The van der Waals surface area contributed by atoms with Gasteiger partial charge in [0.05, 0.1) is 11.8 Å². The van der Waals surface area contributed by atoms with Crippen LogP contribution in [0.3, 0.4) is 0 Å². The average Bonchev–Trinajstić information content (AvgIpc) is 2.38. The molecule has 0 radical (unpaired) electrons. The second-order valence-corrected chi connectivity index (χ2v) is 5.43. The first-order chi connectivity index (χ1) is 8.59. The molecule has 4 heteroatoms. The van der Waals surface area contributed by atoms with E-state index in [1.807, 2.05) is 11.8 Å². The van der Waals surface area contributed by atoms with E-state index in [2.05, 4.69) is 6.08 Å². The van der Waals surface area contributed by atoms with Gasteiger partial charge in [0.25, 0.3) is 0 Å². The van der Waals surface area contributed by atoms with E-state index in [0.29, 0.717) is 13.0 Å².